The molecule has 2 aliphatic rings. The van der Waals surface area contributed by atoms with Crippen molar-refractivity contribution < 1.29 is 9.47 Å². The first-order chi connectivity index (χ1) is 13.1. The molecule has 0 aliphatic carbocycles. The Morgan fingerprint density at radius 3 is 2.67 bits per heavy atom. The van der Waals surface area contributed by atoms with Gasteiger partial charge in [-0.3, -0.25) is 4.99 Å². The van der Waals surface area contributed by atoms with Gasteiger partial charge in [-0.05, 0) is 45.0 Å². The number of likely N-dealkylation sites (N-methyl/N-ethyl adjacent to an activating group) is 1. The van der Waals surface area contributed by atoms with Gasteiger partial charge >= 0.3 is 0 Å². The predicted octanol–water partition coefficient (Wildman–Crippen LogP) is 2.05. The third kappa shape index (κ3) is 4.62. The molecule has 0 amide bonds. The zero-order chi connectivity index (χ0) is 19.3. The molecule has 2 heterocycles. The van der Waals surface area contributed by atoms with Crippen LogP contribution < -0.4 is 5.32 Å². The van der Waals surface area contributed by atoms with E-state index in [-0.39, 0.29) is 11.6 Å². The van der Waals surface area contributed by atoms with E-state index in [4.69, 9.17) is 9.47 Å². The molecule has 2 saturated heterocycles. The molecule has 3 rings (SSSR count). The highest BCUT2D eigenvalue weighted by molar-refractivity contribution is 5.80. The average Bonchev–Trinajstić information content (AvgIpc) is 2.69. The summed E-state index contributed by atoms with van der Waals surface area (Å²) in [7, 11) is 6.20. The normalized spacial score (nSPS) is 23.5. The van der Waals surface area contributed by atoms with Crippen LogP contribution in [0.15, 0.2) is 29.3 Å². The summed E-state index contributed by atoms with van der Waals surface area (Å²) in [6, 6.07) is 8.48. The molecular weight excluding hydrogens is 340 g/mol. The van der Waals surface area contributed by atoms with Gasteiger partial charge in [-0.25, -0.2) is 0 Å². The molecule has 0 spiro atoms. The van der Waals surface area contributed by atoms with E-state index in [2.05, 4.69) is 65.4 Å². The third-order valence-corrected chi connectivity index (χ3v) is 6.06. The standard InChI is InChI=1S/C21H34N4O2/c1-17-7-5-6-8-18(17)19-15-25(11-14-27-19)20(22-2)23-16-21(24(3)4)9-12-26-13-10-21/h5-8,19H,9-16H2,1-4H3,(H,22,23). The van der Waals surface area contributed by atoms with Crippen molar-refractivity contribution in [3.8, 4) is 0 Å². The Labute approximate surface area is 163 Å². The van der Waals surface area contributed by atoms with Crippen molar-refractivity contribution in [3.05, 3.63) is 35.4 Å². The van der Waals surface area contributed by atoms with Crippen LogP contribution >= 0.6 is 0 Å². The lowest BCUT2D eigenvalue weighted by Crippen LogP contribution is -2.58. The Balaban J connectivity index is 1.65. The summed E-state index contributed by atoms with van der Waals surface area (Å²) in [5, 5.41) is 3.64. The SMILES string of the molecule is CN=C(NCC1(N(C)C)CCOCC1)N1CCOC(c2ccccc2C)C1. The number of hydrogen-bond donors (Lipinski definition) is 1. The maximum atomic E-state index is 6.07. The van der Waals surface area contributed by atoms with Gasteiger partial charge in [0, 0.05) is 38.9 Å². The van der Waals surface area contributed by atoms with Crippen LogP contribution in [0.2, 0.25) is 0 Å². The Kier molecular flexibility index (Phi) is 6.73. The zero-order valence-electron chi connectivity index (χ0n) is 17.2. The highest BCUT2D eigenvalue weighted by atomic mass is 16.5. The Morgan fingerprint density at radius 1 is 1.26 bits per heavy atom. The Morgan fingerprint density at radius 2 is 2.00 bits per heavy atom. The molecule has 1 atom stereocenters. The maximum Gasteiger partial charge on any atom is 0.193 e. The monoisotopic (exact) mass is 374 g/mol. The van der Waals surface area contributed by atoms with Crippen molar-refractivity contribution in [3.63, 3.8) is 0 Å². The average molecular weight is 375 g/mol. The molecule has 27 heavy (non-hydrogen) atoms. The fraction of sp³-hybridized carbons (Fsp3) is 0.667. The number of hydrogen-bond acceptors (Lipinski definition) is 4. The molecule has 1 unspecified atom stereocenters. The second-order valence-corrected chi connectivity index (χ2v) is 7.79. The van der Waals surface area contributed by atoms with Gasteiger partial charge in [0.1, 0.15) is 6.10 Å². The van der Waals surface area contributed by atoms with Gasteiger partial charge in [-0.15, -0.1) is 0 Å². The molecule has 6 heteroatoms. The van der Waals surface area contributed by atoms with Gasteiger partial charge in [-0.2, -0.15) is 0 Å². The fourth-order valence-electron chi connectivity index (χ4n) is 4.09. The number of morpholine rings is 1. The summed E-state index contributed by atoms with van der Waals surface area (Å²) >= 11 is 0. The van der Waals surface area contributed by atoms with Gasteiger partial charge in [-0.1, -0.05) is 24.3 Å². The van der Waals surface area contributed by atoms with E-state index in [1.165, 1.54) is 11.1 Å². The van der Waals surface area contributed by atoms with Crippen LogP contribution in [-0.4, -0.2) is 81.9 Å². The molecule has 0 radical (unpaired) electrons. The molecule has 0 aromatic heterocycles. The van der Waals surface area contributed by atoms with Gasteiger partial charge in [0.15, 0.2) is 5.96 Å². The van der Waals surface area contributed by atoms with Crippen molar-refractivity contribution >= 4 is 5.96 Å². The lowest BCUT2D eigenvalue weighted by Gasteiger charge is -2.44. The zero-order valence-corrected chi connectivity index (χ0v) is 17.2. The largest absolute Gasteiger partial charge is 0.381 e. The van der Waals surface area contributed by atoms with Crippen molar-refractivity contribution in [2.45, 2.75) is 31.4 Å². The number of benzene rings is 1. The van der Waals surface area contributed by atoms with Crippen molar-refractivity contribution in [2.24, 2.45) is 4.99 Å². The van der Waals surface area contributed by atoms with E-state index < -0.39 is 0 Å². The van der Waals surface area contributed by atoms with Crippen LogP contribution in [0.25, 0.3) is 0 Å². The van der Waals surface area contributed by atoms with Gasteiger partial charge in [0.2, 0.25) is 0 Å². The lowest BCUT2D eigenvalue weighted by molar-refractivity contribution is -0.0125. The number of aryl methyl sites for hydroxylation is 1. The molecule has 6 nitrogen and oxygen atoms in total. The number of aliphatic imine (C=N–C) groups is 1. The summed E-state index contributed by atoms with van der Waals surface area (Å²) in [6.07, 6.45) is 2.17. The highest BCUT2D eigenvalue weighted by Crippen LogP contribution is 2.27. The van der Waals surface area contributed by atoms with E-state index >= 15 is 0 Å². The maximum absolute atomic E-state index is 6.07. The van der Waals surface area contributed by atoms with Gasteiger partial charge in [0.25, 0.3) is 0 Å². The molecule has 150 valence electrons. The van der Waals surface area contributed by atoms with E-state index in [0.717, 1.165) is 51.6 Å². The molecule has 0 bridgehead atoms. The summed E-state index contributed by atoms with van der Waals surface area (Å²) in [5.74, 6) is 0.963. The third-order valence-electron chi connectivity index (χ3n) is 6.06. The Bertz CT molecular complexity index is 641. The van der Waals surface area contributed by atoms with E-state index in [0.29, 0.717) is 6.61 Å². The van der Waals surface area contributed by atoms with Crippen LogP contribution in [0.1, 0.15) is 30.1 Å². The van der Waals surface area contributed by atoms with Crippen LogP contribution in [0, 0.1) is 6.92 Å². The molecule has 1 aromatic carbocycles. The highest BCUT2D eigenvalue weighted by Gasteiger charge is 2.35. The molecule has 2 aliphatic heterocycles. The van der Waals surface area contributed by atoms with E-state index in [1.807, 2.05) is 7.05 Å². The fourth-order valence-corrected chi connectivity index (χ4v) is 4.09. The molecule has 1 N–H and O–H groups in total. The number of ether oxygens (including phenoxy) is 2. The second kappa shape index (κ2) is 9.04. The summed E-state index contributed by atoms with van der Waals surface area (Å²) in [4.78, 5) is 9.22. The molecule has 2 fully saturated rings. The van der Waals surface area contributed by atoms with Crippen molar-refractivity contribution in [1.29, 1.82) is 0 Å². The molecular formula is C21H34N4O2. The minimum atomic E-state index is 0.0874. The van der Waals surface area contributed by atoms with Crippen LogP contribution in [0.4, 0.5) is 0 Å². The minimum Gasteiger partial charge on any atom is -0.381 e. The van der Waals surface area contributed by atoms with Gasteiger partial charge in [0.05, 0.1) is 13.2 Å². The number of nitrogens with zero attached hydrogens (tertiary/aromatic N) is 3. The van der Waals surface area contributed by atoms with Crippen LogP contribution in [0.5, 0.6) is 0 Å². The second-order valence-electron chi connectivity index (χ2n) is 7.79. The minimum absolute atomic E-state index is 0.0874. The lowest BCUT2D eigenvalue weighted by atomic mass is 9.88. The van der Waals surface area contributed by atoms with E-state index in [1.54, 1.807) is 0 Å². The molecule has 0 saturated carbocycles. The first kappa shape index (κ1) is 20.1. The van der Waals surface area contributed by atoms with Crippen LogP contribution in [-0.2, 0) is 9.47 Å². The summed E-state index contributed by atoms with van der Waals surface area (Å²) < 4.78 is 11.7. The first-order valence-corrected chi connectivity index (χ1v) is 9.94. The number of guanidine groups is 1. The number of rotatable bonds is 4. The van der Waals surface area contributed by atoms with Crippen molar-refractivity contribution in [2.75, 3.05) is 60.6 Å². The quantitative estimate of drug-likeness (QED) is 0.646. The topological polar surface area (TPSA) is 49.3 Å². The summed E-state index contributed by atoms with van der Waals surface area (Å²) in [6.45, 7) is 7.07. The van der Waals surface area contributed by atoms with E-state index in [9.17, 15) is 0 Å². The smallest absolute Gasteiger partial charge is 0.193 e. The Hall–Kier alpha value is -1.63. The summed E-state index contributed by atoms with van der Waals surface area (Å²) in [5.41, 5.74) is 2.67. The van der Waals surface area contributed by atoms with Gasteiger partial charge < -0.3 is 24.6 Å². The predicted molar refractivity (Wildman–Crippen MR) is 109 cm³/mol. The first-order valence-electron chi connectivity index (χ1n) is 9.94. The van der Waals surface area contributed by atoms with Crippen molar-refractivity contribution in [1.82, 2.24) is 15.1 Å². The number of nitrogens with one attached hydrogen (secondary N) is 1. The van der Waals surface area contributed by atoms with Crippen LogP contribution in [0.3, 0.4) is 0 Å². The molecule has 1 aromatic rings.